The standard InChI is InChI=1S/C65H45N/c1-5-18-46(19-6-1)53-41-54(47-20-7-2-8-21-47)43-55(42-53)49-34-36-58(37-35-49)66(59-29-17-24-51(44-59)52-33-32-48-22-13-14-23-50(48)40-52)60-38-39-62-61-30-15-16-31-63(61)65(64(62)45-60,56-25-9-3-10-26-56)57-27-11-4-12-28-57/h1-45H. The lowest BCUT2D eigenvalue weighted by Gasteiger charge is -2.35. The zero-order valence-corrected chi connectivity index (χ0v) is 36.4. The molecule has 0 radical (unpaired) electrons. The Balaban J connectivity index is 1.04. The molecule has 0 amide bonds. The SMILES string of the molecule is c1ccc(-c2cc(-c3ccccc3)cc(-c3ccc(N(c4cccc(-c5ccc6ccccc6c5)c4)c4ccc5c(c4)C(c4ccccc4)(c4ccccc4)c4ccccc4-5)cc3)c2)cc1. The molecule has 66 heavy (non-hydrogen) atoms. The van der Waals surface area contributed by atoms with Gasteiger partial charge in [-0.3, -0.25) is 0 Å². The lowest BCUT2D eigenvalue weighted by Crippen LogP contribution is -2.28. The molecule has 0 spiro atoms. The lowest BCUT2D eigenvalue weighted by molar-refractivity contribution is 0.768. The van der Waals surface area contributed by atoms with Crippen molar-refractivity contribution in [3.8, 4) is 55.6 Å². The van der Waals surface area contributed by atoms with Crippen LogP contribution < -0.4 is 4.90 Å². The molecule has 0 atom stereocenters. The van der Waals surface area contributed by atoms with Crippen molar-refractivity contribution in [3.63, 3.8) is 0 Å². The van der Waals surface area contributed by atoms with Crippen molar-refractivity contribution < 1.29 is 0 Å². The number of nitrogens with zero attached hydrogens (tertiary/aromatic N) is 1. The van der Waals surface area contributed by atoms with E-state index in [1.165, 1.54) is 83.1 Å². The predicted octanol–water partition coefficient (Wildman–Crippen LogP) is 17.3. The molecule has 1 aliphatic rings. The van der Waals surface area contributed by atoms with E-state index in [1.54, 1.807) is 0 Å². The Hall–Kier alpha value is -8.52. The highest BCUT2D eigenvalue weighted by molar-refractivity contribution is 5.92. The van der Waals surface area contributed by atoms with Crippen LogP contribution in [0.25, 0.3) is 66.4 Å². The summed E-state index contributed by atoms with van der Waals surface area (Å²) in [4.78, 5) is 2.44. The van der Waals surface area contributed by atoms with E-state index >= 15 is 0 Å². The van der Waals surface area contributed by atoms with Gasteiger partial charge in [-0.25, -0.2) is 0 Å². The Morgan fingerprint density at radius 1 is 0.227 bits per heavy atom. The van der Waals surface area contributed by atoms with Crippen LogP contribution in [-0.2, 0) is 5.41 Å². The van der Waals surface area contributed by atoms with Gasteiger partial charge in [0.2, 0.25) is 0 Å². The fraction of sp³-hybridized carbons (Fsp3) is 0.0154. The van der Waals surface area contributed by atoms with Crippen LogP contribution in [-0.4, -0.2) is 0 Å². The molecule has 0 saturated carbocycles. The second-order valence-corrected chi connectivity index (χ2v) is 17.3. The number of fused-ring (bicyclic) bond motifs is 4. The molecule has 0 aliphatic heterocycles. The number of benzene rings is 11. The molecular weight excluding hydrogens is 795 g/mol. The minimum atomic E-state index is -0.521. The molecule has 0 N–H and O–H groups in total. The lowest BCUT2D eigenvalue weighted by atomic mass is 9.67. The molecule has 1 aliphatic carbocycles. The van der Waals surface area contributed by atoms with Crippen LogP contribution >= 0.6 is 0 Å². The second kappa shape index (κ2) is 16.6. The molecule has 0 saturated heterocycles. The highest BCUT2D eigenvalue weighted by atomic mass is 15.1. The number of hydrogen-bond acceptors (Lipinski definition) is 1. The number of hydrogen-bond donors (Lipinski definition) is 0. The predicted molar refractivity (Wildman–Crippen MR) is 278 cm³/mol. The van der Waals surface area contributed by atoms with Gasteiger partial charge in [-0.2, -0.15) is 0 Å². The summed E-state index contributed by atoms with van der Waals surface area (Å²) < 4.78 is 0. The van der Waals surface area contributed by atoms with E-state index < -0.39 is 5.41 Å². The summed E-state index contributed by atoms with van der Waals surface area (Å²) in [7, 11) is 0. The van der Waals surface area contributed by atoms with Crippen molar-refractivity contribution >= 4 is 27.8 Å². The van der Waals surface area contributed by atoms with Crippen molar-refractivity contribution in [2.75, 3.05) is 4.90 Å². The molecule has 1 nitrogen and oxygen atoms in total. The first kappa shape index (κ1) is 39.1. The summed E-state index contributed by atoms with van der Waals surface area (Å²) in [5, 5.41) is 2.47. The maximum Gasteiger partial charge on any atom is 0.0714 e. The van der Waals surface area contributed by atoms with E-state index in [1.807, 2.05) is 0 Å². The van der Waals surface area contributed by atoms with E-state index in [0.717, 1.165) is 22.6 Å². The van der Waals surface area contributed by atoms with Gasteiger partial charge in [0.05, 0.1) is 5.41 Å². The van der Waals surface area contributed by atoms with Gasteiger partial charge < -0.3 is 4.90 Å². The maximum atomic E-state index is 2.46. The highest BCUT2D eigenvalue weighted by Crippen LogP contribution is 2.57. The topological polar surface area (TPSA) is 3.24 Å². The number of anilines is 3. The third kappa shape index (κ3) is 6.81. The van der Waals surface area contributed by atoms with E-state index in [-0.39, 0.29) is 0 Å². The van der Waals surface area contributed by atoms with E-state index in [0.29, 0.717) is 0 Å². The Morgan fingerprint density at radius 3 is 1.32 bits per heavy atom. The van der Waals surface area contributed by atoms with Crippen molar-refractivity contribution in [2.45, 2.75) is 5.41 Å². The summed E-state index contributed by atoms with van der Waals surface area (Å²) in [6.07, 6.45) is 0. The Kier molecular flexibility index (Phi) is 9.81. The highest BCUT2D eigenvalue weighted by Gasteiger charge is 2.46. The van der Waals surface area contributed by atoms with E-state index in [9.17, 15) is 0 Å². The van der Waals surface area contributed by atoms with Crippen LogP contribution in [0.2, 0.25) is 0 Å². The summed E-state index contributed by atoms with van der Waals surface area (Å²) in [5.74, 6) is 0. The third-order valence-electron chi connectivity index (χ3n) is 13.5. The van der Waals surface area contributed by atoms with Crippen molar-refractivity contribution in [3.05, 3.63) is 295 Å². The van der Waals surface area contributed by atoms with Crippen molar-refractivity contribution in [1.82, 2.24) is 0 Å². The monoisotopic (exact) mass is 839 g/mol. The average molecular weight is 840 g/mol. The van der Waals surface area contributed by atoms with E-state index in [4.69, 9.17) is 0 Å². The van der Waals surface area contributed by atoms with Gasteiger partial charge in [0.25, 0.3) is 0 Å². The van der Waals surface area contributed by atoms with Crippen molar-refractivity contribution in [2.24, 2.45) is 0 Å². The van der Waals surface area contributed by atoms with Gasteiger partial charge in [-0.05, 0) is 149 Å². The Labute approximate surface area is 387 Å². The summed E-state index contributed by atoms with van der Waals surface area (Å²) in [6.45, 7) is 0. The van der Waals surface area contributed by atoms with Crippen LogP contribution in [0.1, 0.15) is 22.3 Å². The van der Waals surface area contributed by atoms with Gasteiger partial charge in [0.15, 0.2) is 0 Å². The molecule has 0 aromatic heterocycles. The molecule has 1 heteroatoms. The smallest absolute Gasteiger partial charge is 0.0714 e. The summed E-state index contributed by atoms with van der Waals surface area (Å²) in [5.41, 5.74) is 19.8. The van der Waals surface area contributed by atoms with Gasteiger partial charge in [0.1, 0.15) is 0 Å². The van der Waals surface area contributed by atoms with Gasteiger partial charge in [-0.1, -0.05) is 212 Å². The molecule has 310 valence electrons. The first-order valence-electron chi connectivity index (χ1n) is 22.8. The normalized spacial score (nSPS) is 12.4. The molecule has 12 rings (SSSR count). The summed E-state index contributed by atoms with van der Waals surface area (Å²) in [6, 6.07) is 100. The fourth-order valence-electron chi connectivity index (χ4n) is 10.4. The molecule has 0 fully saturated rings. The zero-order chi connectivity index (χ0) is 43.9. The van der Waals surface area contributed by atoms with Crippen LogP contribution in [0, 0.1) is 0 Å². The molecule has 11 aromatic rings. The van der Waals surface area contributed by atoms with Crippen LogP contribution in [0.15, 0.2) is 273 Å². The summed E-state index contributed by atoms with van der Waals surface area (Å²) >= 11 is 0. The first-order valence-corrected chi connectivity index (χ1v) is 22.8. The molecule has 0 heterocycles. The van der Waals surface area contributed by atoms with Gasteiger partial charge >= 0.3 is 0 Å². The van der Waals surface area contributed by atoms with Crippen LogP contribution in [0.5, 0.6) is 0 Å². The Morgan fingerprint density at radius 2 is 0.682 bits per heavy atom. The maximum absolute atomic E-state index is 2.46. The largest absolute Gasteiger partial charge is 0.310 e. The fourth-order valence-corrected chi connectivity index (χ4v) is 10.4. The third-order valence-corrected chi connectivity index (χ3v) is 13.5. The molecule has 0 unspecified atom stereocenters. The van der Waals surface area contributed by atoms with Crippen LogP contribution in [0.3, 0.4) is 0 Å². The van der Waals surface area contributed by atoms with Crippen molar-refractivity contribution in [1.29, 1.82) is 0 Å². The minimum absolute atomic E-state index is 0.521. The quantitative estimate of drug-likeness (QED) is 0.140. The molecular formula is C65H45N. The molecule has 0 bridgehead atoms. The van der Waals surface area contributed by atoms with E-state index in [2.05, 4.69) is 278 Å². The average Bonchev–Trinajstić information content (AvgIpc) is 3.70. The molecule has 11 aromatic carbocycles. The van der Waals surface area contributed by atoms with Crippen LogP contribution in [0.4, 0.5) is 17.1 Å². The van der Waals surface area contributed by atoms with Gasteiger partial charge in [0, 0.05) is 17.1 Å². The zero-order valence-electron chi connectivity index (χ0n) is 36.4. The second-order valence-electron chi connectivity index (χ2n) is 17.3. The minimum Gasteiger partial charge on any atom is -0.310 e. The number of rotatable bonds is 9. The first-order chi connectivity index (χ1) is 32.7. The van der Waals surface area contributed by atoms with Gasteiger partial charge in [-0.15, -0.1) is 0 Å². The Bertz CT molecular complexity index is 3410.